The number of carbonyl (C=O) groups is 1. The van der Waals surface area contributed by atoms with Gasteiger partial charge in [-0.05, 0) is 52.4 Å². The molecule has 11 heteroatoms. The molecule has 2 atom stereocenters. The molecule has 1 fully saturated rings. The SMILES string of the molecule is CC1CC(C)CN(S(=O)(=O)c2ccc(NC(=O)Cn3cnc([N+](=O)[O-])c3)cc2)C1. The van der Waals surface area contributed by atoms with Crippen LogP contribution in [0.5, 0.6) is 0 Å². The molecule has 1 N–H and O–H groups in total. The monoisotopic (exact) mass is 421 g/mol. The largest absolute Gasteiger partial charge is 0.381 e. The van der Waals surface area contributed by atoms with Gasteiger partial charge in [0.25, 0.3) is 0 Å². The van der Waals surface area contributed by atoms with Gasteiger partial charge in [-0.25, -0.2) is 8.42 Å². The molecular weight excluding hydrogens is 398 g/mol. The van der Waals surface area contributed by atoms with Crippen molar-refractivity contribution in [1.82, 2.24) is 13.9 Å². The molecule has 0 radical (unpaired) electrons. The van der Waals surface area contributed by atoms with Crippen molar-refractivity contribution in [2.24, 2.45) is 11.8 Å². The number of nitro groups is 1. The van der Waals surface area contributed by atoms with E-state index in [4.69, 9.17) is 0 Å². The van der Waals surface area contributed by atoms with E-state index >= 15 is 0 Å². The van der Waals surface area contributed by atoms with Gasteiger partial charge in [-0.1, -0.05) is 13.8 Å². The fraction of sp³-hybridized carbons (Fsp3) is 0.444. The maximum atomic E-state index is 12.9. The maximum Gasteiger partial charge on any atom is 0.381 e. The quantitative estimate of drug-likeness (QED) is 0.562. The van der Waals surface area contributed by atoms with Crippen LogP contribution >= 0.6 is 0 Å². The minimum Gasteiger partial charge on any atom is -0.358 e. The molecule has 10 nitrogen and oxygen atoms in total. The molecule has 0 saturated carbocycles. The molecule has 2 unspecified atom stereocenters. The van der Waals surface area contributed by atoms with Gasteiger partial charge in [-0.15, -0.1) is 0 Å². The number of amides is 1. The van der Waals surface area contributed by atoms with Crippen LogP contribution in [0.15, 0.2) is 41.7 Å². The highest BCUT2D eigenvalue weighted by atomic mass is 32.2. The second-order valence-corrected chi connectivity index (χ2v) is 9.44. The number of benzene rings is 1. The van der Waals surface area contributed by atoms with Gasteiger partial charge < -0.3 is 20.0 Å². The molecule has 2 heterocycles. The second-order valence-electron chi connectivity index (χ2n) is 7.50. The number of hydrogen-bond acceptors (Lipinski definition) is 6. The summed E-state index contributed by atoms with van der Waals surface area (Å²) in [6.07, 6.45) is 3.38. The first-order chi connectivity index (χ1) is 13.6. The highest BCUT2D eigenvalue weighted by Crippen LogP contribution is 2.27. The van der Waals surface area contributed by atoms with Crippen LogP contribution in [-0.4, -0.2) is 46.2 Å². The molecule has 2 aromatic rings. The average molecular weight is 421 g/mol. The van der Waals surface area contributed by atoms with Crippen molar-refractivity contribution in [2.45, 2.75) is 31.7 Å². The minimum atomic E-state index is -3.58. The van der Waals surface area contributed by atoms with Gasteiger partial charge in [0.2, 0.25) is 22.3 Å². The molecule has 29 heavy (non-hydrogen) atoms. The highest BCUT2D eigenvalue weighted by molar-refractivity contribution is 7.89. The van der Waals surface area contributed by atoms with Crippen LogP contribution in [0.1, 0.15) is 20.3 Å². The van der Waals surface area contributed by atoms with Crippen LogP contribution in [0.3, 0.4) is 0 Å². The Morgan fingerprint density at radius 1 is 1.24 bits per heavy atom. The van der Waals surface area contributed by atoms with Crippen LogP contribution in [0.4, 0.5) is 11.5 Å². The van der Waals surface area contributed by atoms with E-state index in [-0.39, 0.29) is 17.3 Å². The van der Waals surface area contributed by atoms with Crippen molar-refractivity contribution in [3.8, 4) is 0 Å². The lowest BCUT2D eigenvalue weighted by molar-refractivity contribution is -0.389. The fourth-order valence-electron chi connectivity index (χ4n) is 3.56. The Kier molecular flexibility index (Phi) is 5.99. The van der Waals surface area contributed by atoms with Gasteiger partial charge in [0.15, 0.2) is 0 Å². The maximum absolute atomic E-state index is 12.9. The van der Waals surface area contributed by atoms with Gasteiger partial charge in [0.05, 0.1) is 4.90 Å². The Bertz CT molecular complexity index is 992. The number of sulfonamides is 1. The van der Waals surface area contributed by atoms with Gasteiger partial charge in [-0.2, -0.15) is 4.31 Å². The normalized spacial score (nSPS) is 20.3. The van der Waals surface area contributed by atoms with E-state index in [1.807, 2.05) is 13.8 Å². The van der Waals surface area contributed by atoms with E-state index in [1.165, 1.54) is 39.5 Å². The van der Waals surface area contributed by atoms with E-state index < -0.39 is 20.9 Å². The summed E-state index contributed by atoms with van der Waals surface area (Å²) in [7, 11) is -3.58. The third-order valence-corrected chi connectivity index (χ3v) is 6.59. The zero-order valence-corrected chi connectivity index (χ0v) is 17.0. The van der Waals surface area contributed by atoms with E-state index in [0.29, 0.717) is 30.6 Å². The van der Waals surface area contributed by atoms with Crippen molar-refractivity contribution < 1.29 is 18.1 Å². The Hall–Kier alpha value is -2.79. The number of hydrogen-bond donors (Lipinski definition) is 1. The van der Waals surface area contributed by atoms with Crippen molar-refractivity contribution >= 4 is 27.4 Å². The molecule has 1 amide bonds. The predicted molar refractivity (Wildman–Crippen MR) is 106 cm³/mol. The summed E-state index contributed by atoms with van der Waals surface area (Å²) in [5, 5.41) is 13.3. The van der Waals surface area contributed by atoms with Crippen molar-refractivity contribution in [3.05, 3.63) is 46.9 Å². The lowest BCUT2D eigenvalue weighted by Gasteiger charge is -2.34. The number of nitrogens with zero attached hydrogens (tertiary/aromatic N) is 4. The summed E-state index contributed by atoms with van der Waals surface area (Å²) < 4.78 is 28.6. The summed E-state index contributed by atoms with van der Waals surface area (Å²) in [5.41, 5.74) is 0.434. The number of rotatable bonds is 6. The van der Waals surface area contributed by atoms with Crippen LogP contribution in [0.2, 0.25) is 0 Å². The molecule has 1 aliphatic heterocycles. The van der Waals surface area contributed by atoms with Crippen LogP contribution < -0.4 is 5.32 Å². The standard InChI is InChI=1S/C18H23N5O5S/c1-13-7-14(2)9-22(8-13)29(27,28)16-5-3-15(4-6-16)20-18(24)11-21-10-17(19-12-21)23(25)26/h3-6,10,12-14H,7-9,11H2,1-2H3,(H,20,24). The molecular formula is C18H23N5O5S. The Morgan fingerprint density at radius 3 is 2.41 bits per heavy atom. The highest BCUT2D eigenvalue weighted by Gasteiger charge is 2.31. The second kappa shape index (κ2) is 8.29. The molecule has 1 aliphatic rings. The zero-order valence-electron chi connectivity index (χ0n) is 16.2. The Balaban J connectivity index is 1.64. The summed E-state index contributed by atoms with van der Waals surface area (Å²) in [4.78, 5) is 25.9. The average Bonchev–Trinajstić information content (AvgIpc) is 3.10. The molecule has 1 aromatic carbocycles. The van der Waals surface area contributed by atoms with Crippen LogP contribution in [0.25, 0.3) is 0 Å². The number of carbonyl (C=O) groups excluding carboxylic acids is 1. The van der Waals surface area contributed by atoms with Crippen molar-refractivity contribution in [2.75, 3.05) is 18.4 Å². The lowest BCUT2D eigenvalue weighted by Crippen LogP contribution is -2.42. The number of aromatic nitrogens is 2. The Morgan fingerprint density at radius 2 is 1.86 bits per heavy atom. The van der Waals surface area contributed by atoms with Gasteiger partial charge >= 0.3 is 5.82 Å². The predicted octanol–water partition coefficient (Wildman–Crippen LogP) is 2.10. The summed E-state index contributed by atoms with van der Waals surface area (Å²) >= 11 is 0. The summed E-state index contributed by atoms with van der Waals surface area (Å²) in [5.74, 6) is -0.127. The zero-order chi connectivity index (χ0) is 21.2. The van der Waals surface area contributed by atoms with E-state index in [1.54, 1.807) is 0 Å². The van der Waals surface area contributed by atoms with E-state index in [0.717, 1.165) is 12.6 Å². The molecule has 3 rings (SSSR count). The van der Waals surface area contributed by atoms with Crippen LogP contribution in [-0.2, 0) is 21.4 Å². The number of anilines is 1. The van der Waals surface area contributed by atoms with E-state index in [9.17, 15) is 23.3 Å². The smallest absolute Gasteiger partial charge is 0.358 e. The molecule has 0 spiro atoms. The molecule has 1 saturated heterocycles. The van der Waals surface area contributed by atoms with Crippen molar-refractivity contribution in [3.63, 3.8) is 0 Å². The molecule has 1 aromatic heterocycles. The van der Waals surface area contributed by atoms with Crippen molar-refractivity contribution in [1.29, 1.82) is 0 Å². The Labute approximate surface area is 168 Å². The minimum absolute atomic E-state index is 0.148. The molecule has 0 bridgehead atoms. The van der Waals surface area contributed by atoms with Gasteiger partial charge in [0.1, 0.15) is 12.7 Å². The first kappa shape index (κ1) is 20.9. The van der Waals surface area contributed by atoms with Gasteiger partial charge in [0, 0.05) is 18.8 Å². The molecule has 156 valence electrons. The van der Waals surface area contributed by atoms with E-state index in [2.05, 4.69) is 10.3 Å². The number of piperidine rings is 1. The first-order valence-electron chi connectivity index (χ1n) is 9.21. The first-order valence-corrected chi connectivity index (χ1v) is 10.7. The van der Waals surface area contributed by atoms with Crippen LogP contribution in [0, 0.1) is 22.0 Å². The third kappa shape index (κ3) is 4.98. The lowest BCUT2D eigenvalue weighted by atomic mass is 9.94. The topological polar surface area (TPSA) is 127 Å². The molecule has 0 aliphatic carbocycles. The fourth-order valence-corrected chi connectivity index (χ4v) is 5.24. The third-order valence-electron chi connectivity index (χ3n) is 4.74. The number of nitrogens with one attached hydrogen (secondary N) is 1. The summed E-state index contributed by atoms with van der Waals surface area (Å²) in [6, 6.07) is 5.99. The summed E-state index contributed by atoms with van der Waals surface area (Å²) in [6.45, 7) is 4.95. The van der Waals surface area contributed by atoms with Gasteiger partial charge in [-0.3, -0.25) is 4.79 Å². The number of imidazole rings is 1.